The van der Waals surface area contributed by atoms with Crippen LogP contribution in [0.4, 0.5) is 0 Å². The first-order chi connectivity index (χ1) is 8.84. The van der Waals surface area contributed by atoms with Crippen molar-refractivity contribution in [1.82, 2.24) is 14.4 Å². The van der Waals surface area contributed by atoms with E-state index in [0.29, 0.717) is 6.54 Å². The number of likely N-dealkylation sites (N-methyl/N-ethyl adjacent to an activating group) is 1. The highest BCUT2D eigenvalue weighted by atomic mass is 16.3. The monoisotopic (exact) mass is 265 g/mol. The molecule has 1 unspecified atom stereocenters. The Labute approximate surface area is 116 Å². The molecule has 1 rings (SSSR count). The van der Waals surface area contributed by atoms with Crippen LogP contribution >= 0.6 is 0 Å². The summed E-state index contributed by atoms with van der Waals surface area (Å²) >= 11 is 0. The molecule has 0 spiro atoms. The summed E-state index contributed by atoms with van der Waals surface area (Å²) in [4.78, 5) is 4.41. The lowest BCUT2D eigenvalue weighted by atomic mass is 10.1. The van der Waals surface area contributed by atoms with E-state index in [0.717, 1.165) is 19.6 Å². The molecule has 1 N–H and O–H groups in total. The number of hydrogen-bond acceptors (Lipinski definition) is 3. The molecule has 0 amide bonds. The zero-order valence-corrected chi connectivity index (χ0v) is 12.6. The molecule has 4 heteroatoms. The van der Waals surface area contributed by atoms with Gasteiger partial charge in [-0.2, -0.15) is 0 Å². The number of hydrogen-bond donors (Lipinski definition) is 1. The van der Waals surface area contributed by atoms with Gasteiger partial charge in [-0.3, -0.25) is 4.90 Å². The van der Waals surface area contributed by atoms with Crippen LogP contribution in [0.2, 0.25) is 0 Å². The SMILES string of the molecule is C=CC(C)(O)CN(CCN(C)C)Cc1cccn1C. The van der Waals surface area contributed by atoms with E-state index in [1.54, 1.807) is 13.0 Å². The van der Waals surface area contributed by atoms with Crippen molar-refractivity contribution < 1.29 is 5.11 Å². The zero-order valence-electron chi connectivity index (χ0n) is 12.6. The van der Waals surface area contributed by atoms with Crippen molar-refractivity contribution >= 4 is 0 Å². The molecule has 0 aromatic carbocycles. The third-order valence-corrected chi connectivity index (χ3v) is 3.28. The van der Waals surface area contributed by atoms with Crippen molar-refractivity contribution in [2.24, 2.45) is 7.05 Å². The van der Waals surface area contributed by atoms with E-state index in [9.17, 15) is 5.11 Å². The Morgan fingerprint density at radius 2 is 2.11 bits per heavy atom. The van der Waals surface area contributed by atoms with Crippen LogP contribution in [-0.2, 0) is 13.6 Å². The van der Waals surface area contributed by atoms with E-state index >= 15 is 0 Å². The Morgan fingerprint density at radius 3 is 2.58 bits per heavy atom. The average Bonchev–Trinajstić information content (AvgIpc) is 2.72. The second kappa shape index (κ2) is 6.89. The van der Waals surface area contributed by atoms with Crippen molar-refractivity contribution in [2.75, 3.05) is 33.7 Å². The van der Waals surface area contributed by atoms with Crippen LogP contribution in [0.1, 0.15) is 12.6 Å². The highest BCUT2D eigenvalue weighted by Crippen LogP contribution is 2.11. The lowest BCUT2D eigenvalue weighted by molar-refractivity contribution is 0.0554. The number of aliphatic hydroxyl groups is 1. The maximum absolute atomic E-state index is 10.2. The van der Waals surface area contributed by atoms with E-state index in [2.05, 4.69) is 41.1 Å². The zero-order chi connectivity index (χ0) is 14.5. The van der Waals surface area contributed by atoms with E-state index in [4.69, 9.17) is 0 Å². The van der Waals surface area contributed by atoms with Gasteiger partial charge in [0.25, 0.3) is 0 Å². The fourth-order valence-electron chi connectivity index (χ4n) is 1.96. The molecular formula is C15H27N3O. The summed E-state index contributed by atoms with van der Waals surface area (Å²) in [5.74, 6) is 0. The van der Waals surface area contributed by atoms with Gasteiger partial charge in [0.2, 0.25) is 0 Å². The van der Waals surface area contributed by atoms with Crippen molar-refractivity contribution in [1.29, 1.82) is 0 Å². The van der Waals surface area contributed by atoms with Gasteiger partial charge in [0, 0.05) is 45.1 Å². The van der Waals surface area contributed by atoms with Crippen LogP contribution < -0.4 is 0 Å². The number of aryl methyl sites for hydroxylation is 1. The molecule has 0 saturated heterocycles. The Kier molecular flexibility index (Phi) is 5.79. The molecule has 0 aliphatic rings. The van der Waals surface area contributed by atoms with E-state index in [1.165, 1.54) is 5.69 Å². The normalized spacial score (nSPS) is 14.9. The molecule has 1 aromatic heterocycles. The van der Waals surface area contributed by atoms with Crippen LogP contribution in [0, 0.1) is 0 Å². The van der Waals surface area contributed by atoms with Crippen LogP contribution in [0.25, 0.3) is 0 Å². The maximum Gasteiger partial charge on any atom is 0.0923 e. The van der Waals surface area contributed by atoms with Gasteiger partial charge in [-0.05, 0) is 33.2 Å². The fourth-order valence-corrected chi connectivity index (χ4v) is 1.96. The van der Waals surface area contributed by atoms with Gasteiger partial charge in [-0.25, -0.2) is 0 Å². The molecule has 0 saturated carbocycles. The molecular weight excluding hydrogens is 238 g/mol. The van der Waals surface area contributed by atoms with Gasteiger partial charge in [-0.15, -0.1) is 6.58 Å². The second-order valence-electron chi connectivity index (χ2n) is 5.69. The highest BCUT2D eigenvalue weighted by Gasteiger charge is 2.20. The van der Waals surface area contributed by atoms with Gasteiger partial charge in [-0.1, -0.05) is 6.08 Å². The highest BCUT2D eigenvalue weighted by molar-refractivity contribution is 5.07. The molecule has 108 valence electrons. The quantitative estimate of drug-likeness (QED) is 0.720. The number of rotatable bonds is 8. The first-order valence-electron chi connectivity index (χ1n) is 6.67. The molecule has 0 bridgehead atoms. The first kappa shape index (κ1) is 16.0. The van der Waals surface area contributed by atoms with Crippen LogP contribution in [0.3, 0.4) is 0 Å². The second-order valence-corrected chi connectivity index (χ2v) is 5.69. The standard InChI is InChI=1S/C15H27N3O/c1-6-15(2,19)13-18(11-10-16(3)4)12-14-8-7-9-17(14)5/h6-9,19H,1,10-13H2,2-5H3. The molecule has 0 aliphatic carbocycles. The minimum atomic E-state index is -0.850. The van der Waals surface area contributed by atoms with Crippen molar-refractivity contribution in [3.63, 3.8) is 0 Å². The van der Waals surface area contributed by atoms with E-state index in [1.807, 2.05) is 19.3 Å². The summed E-state index contributed by atoms with van der Waals surface area (Å²) < 4.78 is 2.12. The summed E-state index contributed by atoms with van der Waals surface area (Å²) in [5.41, 5.74) is 0.399. The molecule has 0 fully saturated rings. The predicted octanol–water partition coefficient (Wildman–Crippen LogP) is 1.33. The summed E-state index contributed by atoms with van der Waals surface area (Å²) in [7, 11) is 6.17. The summed E-state index contributed by atoms with van der Waals surface area (Å²) in [6, 6.07) is 4.16. The van der Waals surface area contributed by atoms with Gasteiger partial charge < -0.3 is 14.6 Å². The Bertz CT molecular complexity index is 396. The maximum atomic E-state index is 10.2. The topological polar surface area (TPSA) is 31.6 Å². The molecule has 1 aromatic rings. The van der Waals surface area contributed by atoms with Gasteiger partial charge in [0.15, 0.2) is 0 Å². The summed E-state index contributed by atoms with van der Waals surface area (Å²) in [6.07, 6.45) is 3.66. The Balaban J connectivity index is 2.69. The molecule has 19 heavy (non-hydrogen) atoms. The fraction of sp³-hybridized carbons (Fsp3) is 0.600. The molecule has 0 radical (unpaired) electrons. The third kappa shape index (κ3) is 5.59. The Hall–Kier alpha value is -1.10. The molecule has 0 aliphatic heterocycles. The number of nitrogens with zero attached hydrogens (tertiary/aromatic N) is 3. The minimum absolute atomic E-state index is 0.593. The van der Waals surface area contributed by atoms with Crippen molar-refractivity contribution in [3.8, 4) is 0 Å². The number of aromatic nitrogens is 1. The predicted molar refractivity (Wildman–Crippen MR) is 80.1 cm³/mol. The van der Waals surface area contributed by atoms with Crippen LogP contribution in [0.5, 0.6) is 0 Å². The minimum Gasteiger partial charge on any atom is -0.385 e. The molecule has 1 atom stereocenters. The molecule has 1 heterocycles. The van der Waals surface area contributed by atoms with E-state index < -0.39 is 5.60 Å². The van der Waals surface area contributed by atoms with Gasteiger partial charge >= 0.3 is 0 Å². The molecule has 4 nitrogen and oxygen atoms in total. The lowest BCUT2D eigenvalue weighted by Crippen LogP contribution is -2.42. The van der Waals surface area contributed by atoms with Crippen molar-refractivity contribution in [3.05, 3.63) is 36.7 Å². The smallest absolute Gasteiger partial charge is 0.0923 e. The van der Waals surface area contributed by atoms with Gasteiger partial charge in [0.05, 0.1) is 5.60 Å². The third-order valence-electron chi connectivity index (χ3n) is 3.28. The van der Waals surface area contributed by atoms with Crippen LogP contribution in [-0.4, -0.2) is 58.8 Å². The van der Waals surface area contributed by atoms with Crippen LogP contribution in [0.15, 0.2) is 31.0 Å². The lowest BCUT2D eigenvalue weighted by Gasteiger charge is -2.30. The van der Waals surface area contributed by atoms with Gasteiger partial charge in [0.1, 0.15) is 0 Å². The first-order valence-corrected chi connectivity index (χ1v) is 6.67. The van der Waals surface area contributed by atoms with Crippen molar-refractivity contribution in [2.45, 2.75) is 19.1 Å². The average molecular weight is 265 g/mol. The van der Waals surface area contributed by atoms with E-state index in [-0.39, 0.29) is 0 Å². The summed E-state index contributed by atoms with van der Waals surface area (Å²) in [5, 5.41) is 10.2. The Morgan fingerprint density at radius 1 is 1.42 bits per heavy atom. The summed E-state index contributed by atoms with van der Waals surface area (Å²) in [6.45, 7) is 8.82. The largest absolute Gasteiger partial charge is 0.385 e.